The molecule has 2 fully saturated rings. The number of amides is 6. The number of carboxylic acids is 1. The first-order chi connectivity index (χ1) is 32.2. The zero-order valence-corrected chi connectivity index (χ0v) is 38.3. The molecule has 0 saturated carbocycles. The van der Waals surface area contributed by atoms with Gasteiger partial charge in [0, 0.05) is 32.0 Å². The summed E-state index contributed by atoms with van der Waals surface area (Å²) in [6.07, 6.45) is 3.05. The van der Waals surface area contributed by atoms with E-state index in [2.05, 4.69) is 26.3 Å². The number of aliphatic hydroxyl groups is 1. The fourth-order valence-electron chi connectivity index (χ4n) is 9.05. The van der Waals surface area contributed by atoms with Crippen LogP contribution in [0.25, 0.3) is 11.1 Å². The maximum absolute atomic E-state index is 14.2. The second-order valence-corrected chi connectivity index (χ2v) is 17.4. The van der Waals surface area contributed by atoms with Crippen molar-refractivity contribution in [1.82, 2.24) is 31.1 Å². The van der Waals surface area contributed by atoms with E-state index in [1.807, 2.05) is 48.5 Å². The van der Waals surface area contributed by atoms with E-state index in [1.165, 1.54) is 16.7 Å². The van der Waals surface area contributed by atoms with Gasteiger partial charge in [-0.1, -0.05) is 55.0 Å². The zero-order chi connectivity index (χ0) is 48.5. The van der Waals surface area contributed by atoms with Crippen molar-refractivity contribution in [3.05, 3.63) is 59.7 Å². The zero-order valence-electron chi connectivity index (χ0n) is 38.3. The van der Waals surface area contributed by atoms with E-state index < -0.39 is 77.9 Å². The molecule has 2 aromatic carbocycles. The smallest absolute Gasteiger partial charge is 0.413 e. The molecule has 20 heteroatoms. The number of fused-ring (bicyclic) bond motifs is 3. The molecule has 1 aliphatic carbocycles. The van der Waals surface area contributed by atoms with E-state index in [9.17, 15) is 43.8 Å². The van der Waals surface area contributed by atoms with Gasteiger partial charge in [0.1, 0.15) is 36.8 Å². The summed E-state index contributed by atoms with van der Waals surface area (Å²) in [5, 5.41) is 30.7. The first-order valence-corrected chi connectivity index (χ1v) is 23.5. The fraction of sp³-hybridized carbons (Fsp3) is 0.574. The summed E-state index contributed by atoms with van der Waals surface area (Å²) in [4.78, 5) is 100. The Morgan fingerprint density at radius 1 is 0.776 bits per heavy atom. The van der Waals surface area contributed by atoms with Gasteiger partial charge >= 0.3 is 12.1 Å². The topological polar surface area (TPSA) is 314 Å². The number of rotatable bonds is 24. The molecule has 0 spiro atoms. The molecule has 67 heavy (non-hydrogen) atoms. The number of hydrogen-bond donors (Lipinski definition) is 9. The fourth-order valence-corrected chi connectivity index (χ4v) is 9.05. The standard InChI is InChI=1S/C47H68N10O10/c1-29(58)40(54-39(59)22-3-2-9-23-48)42(61)52-35(18-8-10-24-49)43(62)57-27-13-21-38(57)44(63)56-26-12-20-37(56)41(60)53-36(45(64)65)19-11-25-51-46(50)55-47(66)67-28-34-32-16-6-4-14-30(32)31-15-5-7-17-33(31)34/h4-7,14-17,29,34-38,40,58H,2-3,8-13,18-28,48-49H2,1H3,(H,52,61)(H,53,60)(H,54,59)(H,64,65)(H3,50,51,55,66)/t29-,35+,36+,37+,38+,40+/m1/s1. The second-order valence-electron chi connectivity index (χ2n) is 17.4. The number of ether oxygens (including phenoxy) is 1. The summed E-state index contributed by atoms with van der Waals surface area (Å²) < 4.78 is 5.51. The second kappa shape index (κ2) is 25.7. The Hall–Kier alpha value is -6.12. The number of alkyl carbamates (subject to hydrolysis) is 1. The van der Waals surface area contributed by atoms with Crippen LogP contribution in [0.15, 0.2) is 53.5 Å². The molecule has 2 aromatic rings. The third-order valence-electron chi connectivity index (χ3n) is 12.5. The van der Waals surface area contributed by atoms with Crippen molar-refractivity contribution in [2.24, 2.45) is 22.2 Å². The van der Waals surface area contributed by atoms with Crippen molar-refractivity contribution in [2.45, 2.75) is 133 Å². The number of benzene rings is 2. The third-order valence-corrected chi connectivity index (χ3v) is 12.5. The number of likely N-dealkylation sites (tertiary alicyclic amines) is 2. The molecule has 5 rings (SSSR count). The van der Waals surface area contributed by atoms with E-state index in [0.717, 1.165) is 35.1 Å². The lowest BCUT2D eigenvalue weighted by Crippen LogP contribution is -2.59. The van der Waals surface area contributed by atoms with E-state index in [1.54, 1.807) is 0 Å². The van der Waals surface area contributed by atoms with Gasteiger partial charge in [-0.2, -0.15) is 0 Å². The summed E-state index contributed by atoms with van der Waals surface area (Å²) in [7, 11) is 0. The van der Waals surface area contributed by atoms with Crippen LogP contribution in [0.3, 0.4) is 0 Å². The Balaban J connectivity index is 1.12. The Kier molecular flexibility index (Phi) is 19.9. The highest BCUT2D eigenvalue weighted by Crippen LogP contribution is 2.44. The van der Waals surface area contributed by atoms with Gasteiger partial charge < -0.3 is 57.9 Å². The number of guanidine groups is 1. The number of carbonyl (C=O) groups is 7. The highest BCUT2D eigenvalue weighted by atomic mass is 16.5. The number of hydrogen-bond acceptors (Lipinski definition) is 12. The summed E-state index contributed by atoms with van der Waals surface area (Å²) in [6, 6.07) is 10.2. The van der Waals surface area contributed by atoms with Gasteiger partial charge in [-0.3, -0.25) is 34.3 Å². The average Bonchev–Trinajstić information content (AvgIpc) is 4.08. The minimum absolute atomic E-state index is 0.0278. The minimum Gasteiger partial charge on any atom is -0.480 e. The van der Waals surface area contributed by atoms with E-state index in [-0.39, 0.29) is 70.2 Å². The molecule has 2 aliphatic heterocycles. The maximum atomic E-state index is 14.2. The van der Waals surface area contributed by atoms with Gasteiger partial charge in [-0.15, -0.1) is 0 Å². The number of unbranched alkanes of at least 4 members (excludes halogenated alkanes) is 3. The quantitative estimate of drug-likeness (QED) is 0.0406. The highest BCUT2D eigenvalue weighted by Gasteiger charge is 2.44. The van der Waals surface area contributed by atoms with Gasteiger partial charge in [0.05, 0.1) is 6.10 Å². The number of carbonyl (C=O) groups excluding carboxylic acids is 6. The predicted molar refractivity (Wildman–Crippen MR) is 249 cm³/mol. The molecule has 6 amide bonds. The average molecular weight is 933 g/mol. The molecule has 0 bridgehead atoms. The van der Waals surface area contributed by atoms with Crippen molar-refractivity contribution in [2.75, 3.05) is 39.3 Å². The highest BCUT2D eigenvalue weighted by molar-refractivity contribution is 5.97. The molecule has 20 nitrogen and oxygen atoms in total. The maximum Gasteiger partial charge on any atom is 0.413 e. The van der Waals surface area contributed by atoms with E-state index in [4.69, 9.17) is 21.9 Å². The van der Waals surface area contributed by atoms with Crippen LogP contribution in [0.4, 0.5) is 4.79 Å². The van der Waals surface area contributed by atoms with Crippen molar-refractivity contribution in [3.8, 4) is 11.1 Å². The van der Waals surface area contributed by atoms with Crippen LogP contribution >= 0.6 is 0 Å². The SMILES string of the molecule is C[C@@H](O)[C@H](NC(=O)CCCCCN)C(=O)N[C@@H](CCCCN)C(=O)N1CCC[C@H]1C(=O)N1CCC[C@H]1C(=O)N[C@@H](CCCN=C(N)NC(=O)OCC1c2ccccc2-c2ccccc21)C(=O)O. The minimum atomic E-state index is -1.33. The van der Waals surface area contributed by atoms with Gasteiger partial charge in [0.2, 0.25) is 29.5 Å². The van der Waals surface area contributed by atoms with Crippen LogP contribution < -0.4 is 38.5 Å². The van der Waals surface area contributed by atoms with Crippen LogP contribution in [0, 0.1) is 0 Å². The molecule has 0 radical (unpaired) electrons. The largest absolute Gasteiger partial charge is 0.480 e. The number of nitrogens with two attached hydrogens (primary N) is 3. The summed E-state index contributed by atoms with van der Waals surface area (Å²) in [5.41, 5.74) is 21.5. The molecule has 366 valence electrons. The number of aliphatic imine (C=N–C) groups is 1. The van der Waals surface area contributed by atoms with Crippen LogP contribution in [-0.4, -0.2) is 143 Å². The molecular weight excluding hydrogens is 865 g/mol. The Bertz CT molecular complexity index is 2040. The lowest BCUT2D eigenvalue weighted by Gasteiger charge is -2.33. The van der Waals surface area contributed by atoms with Crippen LogP contribution in [-0.2, 0) is 33.5 Å². The van der Waals surface area contributed by atoms with Gasteiger partial charge in [-0.05, 0) is 113 Å². The van der Waals surface area contributed by atoms with Crippen LogP contribution in [0.5, 0.6) is 0 Å². The number of aliphatic hydroxyl groups excluding tert-OH is 1. The van der Waals surface area contributed by atoms with Crippen molar-refractivity contribution < 1.29 is 48.5 Å². The lowest BCUT2D eigenvalue weighted by molar-refractivity contribution is -0.149. The molecule has 2 saturated heterocycles. The van der Waals surface area contributed by atoms with E-state index in [0.29, 0.717) is 51.6 Å². The normalized spacial score (nSPS) is 18.5. The first kappa shape index (κ1) is 51.9. The number of carboxylic acid groups (broad SMARTS) is 1. The third kappa shape index (κ3) is 14.2. The summed E-state index contributed by atoms with van der Waals surface area (Å²) in [5.74, 6) is -4.43. The molecule has 2 heterocycles. The van der Waals surface area contributed by atoms with Crippen molar-refractivity contribution >= 4 is 47.6 Å². The Labute approximate surface area is 391 Å². The monoisotopic (exact) mass is 933 g/mol. The molecule has 12 N–H and O–H groups in total. The number of nitrogens with one attached hydrogen (secondary N) is 4. The summed E-state index contributed by atoms with van der Waals surface area (Å²) in [6.45, 7) is 2.76. The summed E-state index contributed by atoms with van der Waals surface area (Å²) >= 11 is 0. The first-order valence-electron chi connectivity index (χ1n) is 23.5. The van der Waals surface area contributed by atoms with Crippen LogP contribution in [0.1, 0.15) is 107 Å². The molecule has 0 aromatic heterocycles. The van der Waals surface area contributed by atoms with Crippen molar-refractivity contribution in [3.63, 3.8) is 0 Å². The van der Waals surface area contributed by atoms with Crippen LogP contribution in [0.2, 0.25) is 0 Å². The Morgan fingerprint density at radius 2 is 1.39 bits per heavy atom. The van der Waals surface area contributed by atoms with Gasteiger partial charge in [0.15, 0.2) is 5.96 Å². The molecule has 3 aliphatic rings. The molecule has 6 atom stereocenters. The van der Waals surface area contributed by atoms with Gasteiger partial charge in [0.25, 0.3) is 0 Å². The molecule has 0 unspecified atom stereocenters. The van der Waals surface area contributed by atoms with Gasteiger partial charge in [-0.25, -0.2) is 9.59 Å². The van der Waals surface area contributed by atoms with E-state index >= 15 is 0 Å². The number of aliphatic carboxylic acids is 1. The van der Waals surface area contributed by atoms with Crippen molar-refractivity contribution in [1.29, 1.82) is 0 Å². The number of nitrogens with zero attached hydrogens (tertiary/aromatic N) is 3. The predicted octanol–water partition coefficient (Wildman–Crippen LogP) is 1.17. The molecular formula is C47H68N10O10. The lowest BCUT2D eigenvalue weighted by atomic mass is 9.98. The Morgan fingerprint density at radius 3 is 2.03 bits per heavy atom.